The van der Waals surface area contributed by atoms with Crippen molar-refractivity contribution < 1.29 is 23.1 Å². The fraction of sp³-hybridized carbons (Fsp3) is 0.529. The third-order valence-corrected chi connectivity index (χ3v) is 4.93. The van der Waals surface area contributed by atoms with E-state index in [0.29, 0.717) is 24.0 Å². The molecule has 1 fully saturated rings. The Balaban J connectivity index is 1.90. The molecule has 0 unspecified atom stereocenters. The summed E-state index contributed by atoms with van der Waals surface area (Å²) < 4.78 is 31.0. The van der Waals surface area contributed by atoms with Crippen molar-refractivity contribution in [2.24, 2.45) is 11.8 Å². The van der Waals surface area contributed by atoms with Gasteiger partial charge in [-0.1, -0.05) is 38.3 Å². The second kappa shape index (κ2) is 7.92. The number of hydrogen-bond donors (Lipinski definition) is 1. The van der Waals surface area contributed by atoms with E-state index >= 15 is 0 Å². The number of amides is 1. The minimum absolute atomic E-state index is 0.0480. The molecular formula is C17H20ClF2NO3. The zero-order valence-corrected chi connectivity index (χ0v) is 14.3. The van der Waals surface area contributed by atoms with Crippen LogP contribution in [0.4, 0.5) is 8.78 Å². The summed E-state index contributed by atoms with van der Waals surface area (Å²) in [5.74, 6) is -2.89. The normalized spacial score (nSPS) is 23.6. The molecule has 0 aliphatic heterocycles. The fourth-order valence-electron chi connectivity index (χ4n) is 2.92. The van der Waals surface area contributed by atoms with Crippen LogP contribution in [0.3, 0.4) is 0 Å². The molecule has 1 aliphatic carbocycles. The van der Waals surface area contributed by atoms with E-state index in [1.165, 1.54) is 0 Å². The van der Waals surface area contributed by atoms with Gasteiger partial charge in [0.1, 0.15) is 0 Å². The SMILES string of the molecule is C[C@@H]1[C@@H](C)CCC[C@H]1NC(=O)COC(=O)c1cc(F)c(F)cc1Cl. The molecule has 132 valence electrons. The van der Waals surface area contributed by atoms with Crippen LogP contribution in [0.5, 0.6) is 0 Å². The van der Waals surface area contributed by atoms with Crippen LogP contribution in [0.25, 0.3) is 0 Å². The minimum Gasteiger partial charge on any atom is -0.452 e. The molecule has 0 aromatic heterocycles. The number of carbonyl (C=O) groups is 2. The Morgan fingerprint density at radius 1 is 1.25 bits per heavy atom. The van der Waals surface area contributed by atoms with E-state index in [1.807, 2.05) is 0 Å². The molecule has 3 atom stereocenters. The van der Waals surface area contributed by atoms with E-state index in [1.54, 1.807) is 0 Å². The van der Waals surface area contributed by atoms with E-state index in [9.17, 15) is 18.4 Å². The van der Waals surface area contributed by atoms with E-state index in [2.05, 4.69) is 19.2 Å². The molecule has 7 heteroatoms. The van der Waals surface area contributed by atoms with Crippen molar-refractivity contribution >= 4 is 23.5 Å². The Bertz CT molecular complexity index is 639. The van der Waals surface area contributed by atoms with Gasteiger partial charge in [0.05, 0.1) is 10.6 Å². The smallest absolute Gasteiger partial charge is 0.340 e. The summed E-state index contributed by atoms with van der Waals surface area (Å²) >= 11 is 5.69. The number of benzene rings is 1. The van der Waals surface area contributed by atoms with Gasteiger partial charge >= 0.3 is 5.97 Å². The Labute approximate surface area is 144 Å². The van der Waals surface area contributed by atoms with Gasteiger partial charge in [-0.25, -0.2) is 13.6 Å². The molecule has 0 heterocycles. The highest BCUT2D eigenvalue weighted by Crippen LogP contribution is 2.29. The molecule has 2 rings (SSSR count). The first-order valence-corrected chi connectivity index (χ1v) is 8.28. The quantitative estimate of drug-likeness (QED) is 0.658. The fourth-order valence-corrected chi connectivity index (χ4v) is 3.15. The van der Waals surface area contributed by atoms with Crippen molar-refractivity contribution in [3.63, 3.8) is 0 Å². The van der Waals surface area contributed by atoms with Gasteiger partial charge in [0.2, 0.25) is 0 Å². The maximum Gasteiger partial charge on any atom is 0.340 e. The van der Waals surface area contributed by atoms with Gasteiger partial charge in [-0.05, 0) is 30.4 Å². The highest BCUT2D eigenvalue weighted by molar-refractivity contribution is 6.33. The number of rotatable bonds is 4. The molecule has 1 aromatic carbocycles. The van der Waals surface area contributed by atoms with Crippen LogP contribution in [0, 0.1) is 23.5 Å². The summed E-state index contributed by atoms with van der Waals surface area (Å²) in [5.41, 5.74) is -0.317. The summed E-state index contributed by atoms with van der Waals surface area (Å²) in [6.45, 7) is 3.74. The average Bonchev–Trinajstić information content (AvgIpc) is 2.53. The molecule has 1 aliphatic rings. The van der Waals surface area contributed by atoms with Crippen LogP contribution in [0.1, 0.15) is 43.5 Å². The lowest BCUT2D eigenvalue weighted by Gasteiger charge is -2.34. The molecule has 0 saturated heterocycles. The number of hydrogen-bond acceptors (Lipinski definition) is 3. The number of carbonyl (C=O) groups excluding carboxylic acids is 2. The Morgan fingerprint density at radius 2 is 1.92 bits per heavy atom. The topological polar surface area (TPSA) is 55.4 Å². The van der Waals surface area contributed by atoms with Crippen LogP contribution in [-0.2, 0) is 9.53 Å². The monoisotopic (exact) mass is 359 g/mol. The maximum absolute atomic E-state index is 13.2. The van der Waals surface area contributed by atoms with Crippen LogP contribution < -0.4 is 5.32 Å². The third kappa shape index (κ3) is 4.44. The number of nitrogens with one attached hydrogen (secondary N) is 1. The molecular weight excluding hydrogens is 340 g/mol. The Hall–Kier alpha value is -1.69. The van der Waals surface area contributed by atoms with Gasteiger partial charge in [-0.15, -0.1) is 0 Å². The molecule has 1 amide bonds. The first kappa shape index (κ1) is 18.6. The van der Waals surface area contributed by atoms with E-state index < -0.39 is 30.1 Å². The summed E-state index contributed by atoms with van der Waals surface area (Å²) in [7, 11) is 0. The van der Waals surface area contributed by atoms with Gasteiger partial charge in [0.15, 0.2) is 18.2 Å². The van der Waals surface area contributed by atoms with Crippen molar-refractivity contribution in [2.45, 2.75) is 39.2 Å². The van der Waals surface area contributed by atoms with Crippen molar-refractivity contribution in [1.82, 2.24) is 5.32 Å². The van der Waals surface area contributed by atoms with Crippen LogP contribution >= 0.6 is 11.6 Å². The summed E-state index contributed by atoms with van der Waals surface area (Å²) in [6.07, 6.45) is 3.07. The van der Waals surface area contributed by atoms with Crippen molar-refractivity contribution in [3.8, 4) is 0 Å². The number of ether oxygens (including phenoxy) is 1. The molecule has 1 saturated carbocycles. The zero-order valence-electron chi connectivity index (χ0n) is 13.6. The summed E-state index contributed by atoms with van der Waals surface area (Å²) in [6, 6.07) is 1.40. The molecule has 1 N–H and O–H groups in total. The van der Waals surface area contributed by atoms with Crippen LogP contribution in [0.2, 0.25) is 5.02 Å². The Morgan fingerprint density at radius 3 is 2.62 bits per heavy atom. The van der Waals surface area contributed by atoms with E-state index in [4.69, 9.17) is 16.3 Å². The maximum atomic E-state index is 13.2. The number of esters is 1. The second-order valence-corrected chi connectivity index (χ2v) is 6.67. The molecule has 0 bridgehead atoms. The largest absolute Gasteiger partial charge is 0.452 e. The lowest BCUT2D eigenvalue weighted by Crippen LogP contribution is -2.45. The number of halogens is 3. The van der Waals surface area contributed by atoms with Gasteiger partial charge in [-0.2, -0.15) is 0 Å². The first-order valence-electron chi connectivity index (χ1n) is 7.90. The Kier molecular flexibility index (Phi) is 6.15. The summed E-state index contributed by atoms with van der Waals surface area (Å²) in [5, 5.41) is 2.59. The van der Waals surface area contributed by atoms with Crippen molar-refractivity contribution in [1.29, 1.82) is 0 Å². The van der Waals surface area contributed by atoms with Gasteiger partial charge in [0.25, 0.3) is 5.91 Å². The van der Waals surface area contributed by atoms with E-state index in [0.717, 1.165) is 19.3 Å². The lowest BCUT2D eigenvalue weighted by atomic mass is 9.78. The highest BCUT2D eigenvalue weighted by Gasteiger charge is 2.28. The van der Waals surface area contributed by atoms with Crippen LogP contribution in [-0.4, -0.2) is 24.5 Å². The summed E-state index contributed by atoms with van der Waals surface area (Å²) in [4.78, 5) is 23.8. The predicted molar refractivity (Wildman–Crippen MR) is 85.8 cm³/mol. The van der Waals surface area contributed by atoms with Crippen molar-refractivity contribution in [3.05, 3.63) is 34.4 Å². The average molecular weight is 360 g/mol. The minimum atomic E-state index is -1.21. The van der Waals surface area contributed by atoms with Gasteiger partial charge < -0.3 is 10.1 Å². The van der Waals surface area contributed by atoms with Gasteiger partial charge in [-0.3, -0.25) is 4.79 Å². The first-order chi connectivity index (χ1) is 11.3. The highest BCUT2D eigenvalue weighted by atomic mass is 35.5. The second-order valence-electron chi connectivity index (χ2n) is 6.26. The molecule has 0 spiro atoms. The zero-order chi connectivity index (χ0) is 17.9. The predicted octanol–water partition coefficient (Wildman–Crippen LogP) is 3.72. The third-order valence-electron chi connectivity index (χ3n) is 4.62. The molecule has 0 radical (unpaired) electrons. The van der Waals surface area contributed by atoms with Crippen LogP contribution in [0.15, 0.2) is 12.1 Å². The molecule has 4 nitrogen and oxygen atoms in total. The van der Waals surface area contributed by atoms with E-state index in [-0.39, 0.29) is 16.6 Å². The lowest BCUT2D eigenvalue weighted by molar-refractivity contribution is -0.125. The molecule has 24 heavy (non-hydrogen) atoms. The van der Waals surface area contributed by atoms with Crippen molar-refractivity contribution in [2.75, 3.05) is 6.61 Å². The molecule has 1 aromatic rings. The standard InChI is InChI=1S/C17H20ClF2NO3/c1-9-4-3-5-15(10(9)2)21-16(22)8-24-17(23)11-6-13(19)14(20)7-12(11)18/h6-7,9-10,15H,3-5,8H2,1-2H3,(H,21,22)/t9-,10+,15+/m0/s1. The van der Waals surface area contributed by atoms with Gasteiger partial charge in [0, 0.05) is 6.04 Å².